The maximum atomic E-state index is 13.2. The number of aryl methyl sites for hydroxylation is 1. The Labute approximate surface area is 152 Å². The zero-order chi connectivity index (χ0) is 17.6. The summed E-state index contributed by atoms with van der Waals surface area (Å²) < 4.78 is 13.2. The number of nitrogens with zero attached hydrogens (tertiary/aromatic N) is 3. The van der Waals surface area contributed by atoms with Crippen molar-refractivity contribution in [1.82, 2.24) is 9.88 Å². The van der Waals surface area contributed by atoms with Crippen LogP contribution in [0.15, 0.2) is 42.6 Å². The third kappa shape index (κ3) is 4.69. The van der Waals surface area contributed by atoms with Gasteiger partial charge in [0.1, 0.15) is 5.82 Å². The zero-order valence-corrected chi connectivity index (χ0v) is 14.8. The zero-order valence-electron chi connectivity index (χ0n) is 14.0. The van der Waals surface area contributed by atoms with E-state index in [0.29, 0.717) is 37.6 Å². The number of hydrogen-bond acceptors (Lipinski definition) is 3. The molecule has 0 spiro atoms. The van der Waals surface area contributed by atoms with Crippen molar-refractivity contribution in [3.05, 3.63) is 59.1 Å². The van der Waals surface area contributed by atoms with Crippen molar-refractivity contribution >= 4 is 23.2 Å². The number of benzene rings is 1. The molecule has 1 aliphatic rings. The van der Waals surface area contributed by atoms with Gasteiger partial charge in [-0.2, -0.15) is 0 Å². The van der Waals surface area contributed by atoms with Crippen LogP contribution in [0.25, 0.3) is 0 Å². The van der Waals surface area contributed by atoms with Crippen molar-refractivity contribution in [3.63, 3.8) is 0 Å². The lowest BCUT2D eigenvalue weighted by molar-refractivity contribution is -0.131. The first kappa shape index (κ1) is 17.7. The molecule has 0 N–H and O–H groups in total. The molecule has 2 heterocycles. The van der Waals surface area contributed by atoms with E-state index >= 15 is 0 Å². The molecule has 0 aliphatic carbocycles. The number of piperazine rings is 1. The monoisotopic (exact) mass is 361 g/mol. The molecule has 25 heavy (non-hydrogen) atoms. The van der Waals surface area contributed by atoms with Crippen LogP contribution in [0.4, 0.5) is 10.1 Å². The van der Waals surface area contributed by atoms with Gasteiger partial charge in [0.05, 0.1) is 10.7 Å². The topological polar surface area (TPSA) is 36.4 Å². The summed E-state index contributed by atoms with van der Waals surface area (Å²) >= 11 is 6.12. The van der Waals surface area contributed by atoms with Gasteiger partial charge in [-0.15, -0.1) is 0 Å². The number of amides is 1. The second-order valence-corrected chi connectivity index (χ2v) is 6.55. The lowest BCUT2D eigenvalue weighted by atomic mass is 10.1. The van der Waals surface area contributed by atoms with Gasteiger partial charge in [-0.3, -0.25) is 9.78 Å². The van der Waals surface area contributed by atoms with E-state index in [0.717, 1.165) is 24.2 Å². The van der Waals surface area contributed by atoms with Crippen LogP contribution in [0, 0.1) is 5.82 Å². The van der Waals surface area contributed by atoms with Gasteiger partial charge >= 0.3 is 0 Å². The average Bonchev–Trinajstić information content (AvgIpc) is 2.63. The number of carbonyl (C=O) groups excluding carboxylic acids is 1. The number of carbonyl (C=O) groups is 1. The normalized spacial score (nSPS) is 14.6. The fourth-order valence-corrected chi connectivity index (χ4v) is 3.35. The van der Waals surface area contributed by atoms with Crippen LogP contribution in [-0.2, 0) is 11.2 Å². The van der Waals surface area contributed by atoms with Crippen LogP contribution < -0.4 is 4.90 Å². The van der Waals surface area contributed by atoms with E-state index in [-0.39, 0.29) is 11.7 Å². The number of halogens is 2. The SMILES string of the molecule is O=C(CCCc1ccccn1)N1CCN(c2ccc(F)cc2Cl)CC1. The summed E-state index contributed by atoms with van der Waals surface area (Å²) in [7, 11) is 0. The predicted octanol–water partition coefficient (Wildman–Crippen LogP) is 3.55. The Morgan fingerprint density at radius 2 is 1.96 bits per heavy atom. The van der Waals surface area contributed by atoms with Gasteiger partial charge in [-0.1, -0.05) is 17.7 Å². The summed E-state index contributed by atoms with van der Waals surface area (Å²) in [6.45, 7) is 2.74. The second kappa shape index (κ2) is 8.30. The van der Waals surface area contributed by atoms with Gasteiger partial charge in [0.2, 0.25) is 5.91 Å². The van der Waals surface area contributed by atoms with E-state index in [9.17, 15) is 9.18 Å². The van der Waals surface area contributed by atoms with E-state index in [1.165, 1.54) is 12.1 Å². The molecule has 0 radical (unpaired) electrons. The van der Waals surface area contributed by atoms with E-state index in [1.807, 2.05) is 23.1 Å². The van der Waals surface area contributed by atoms with Crippen molar-refractivity contribution < 1.29 is 9.18 Å². The Balaban J connectivity index is 1.46. The first-order valence-electron chi connectivity index (χ1n) is 8.51. The van der Waals surface area contributed by atoms with Crippen LogP contribution >= 0.6 is 11.6 Å². The molecule has 4 nitrogen and oxygen atoms in total. The highest BCUT2D eigenvalue weighted by atomic mass is 35.5. The number of anilines is 1. The molecule has 0 saturated carbocycles. The number of aromatic nitrogens is 1. The molecule has 1 fully saturated rings. The second-order valence-electron chi connectivity index (χ2n) is 6.14. The van der Waals surface area contributed by atoms with Crippen molar-refractivity contribution in [1.29, 1.82) is 0 Å². The third-order valence-corrected chi connectivity index (χ3v) is 4.74. The number of pyridine rings is 1. The Morgan fingerprint density at radius 3 is 2.64 bits per heavy atom. The van der Waals surface area contributed by atoms with E-state index in [2.05, 4.69) is 9.88 Å². The molecule has 1 aromatic carbocycles. The number of hydrogen-bond donors (Lipinski definition) is 0. The van der Waals surface area contributed by atoms with Gasteiger partial charge < -0.3 is 9.80 Å². The van der Waals surface area contributed by atoms with E-state index in [1.54, 1.807) is 12.3 Å². The summed E-state index contributed by atoms with van der Waals surface area (Å²) in [5.41, 5.74) is 1.84. The lowest BCUT2D eigenvalue weighted by Gasteiger charge is -2.36. The molecule has 132 valence electrons. The smallest absolute Gasteiger partial charge is 0.222 e. The van der Waals surface area contributed by atoms with E-state index < -0.39 is 0 Å². The molecule has 1 saturated heterocycles. The molecule has 1 aromatic heterocycles. The Hall–Kier alpha value is -2.14. The summed E-state index contributed by atoms with van der Waals surface area (Å²) in [5, 5.41) is 0.412. The first-order chi connectivity index (χ1) is 12.1. The minimum Gasteiger partial charge on any atom is -0.367 e. The molecule has 0 bridgehead atoms. The lowest BCUT2D eigenvalue weighted by Crippen LogP contribution is -2.48. The predicted molar refractivity (Wildman–Crippen MR) is 97.4 cm³/mol. The van der Waals surface area contributed by atoms with Gasteiger partial charge in [0.25, 0.3) is 0 Å². The summed E-state index contributed by atoms with van der Waals surface area (Å²) in [6.07, 6.45) is 3.93. The quantitative estimate of drug-likeness (QED) is 0.817. The highest BCUT2D eigenvalue weighted by molar-refractivity contribution is 6.33. The Kier molecular flexibility index (Phi) is 5.87. The third-order valence-electron chi connectivity index (χ3n) is 4.43. The van der Waals surface area contributed by atoms with Gasteiger partial charge in [0, 0.05) is 44.5 Å². The van der Waals surface area contributed by atoms with Gasteiger partial charge in [-0.25, -0.2) is 4.39 Å². The van der Waals surface area contributed by atoms with Crippen molar-refractivity contribution in [2.24, 2.45) is 0 Å². The first-order valence-corrected chi connectivity index (χ1v) is 8.89. The van der Waals surface area contributed by atoms with Crippen LogP contribution in [0.1, 0.15) is 18.5 Å². The highest BCUT2D eigenvalue weighted by Crippen LogP contribution is 2.27. The molecule has 6 heteroatoms. The Bertz CT molecular complexity index is 718. The standard InChI is InChI=1S/C19H21ClFN3O/c20-17-14-15(21)7-8-18(17)23-10-12-24(13-11-23)19(25)6-3-5-16-4-1-2-9-22-16/h1-2,4,7-9,14H,3,5-6,10-13H2. The molecule has 0 unspecified atom stereocenters. The van der Waals surface area contributed by atoms with Gasteiger partial charge in [0.15, 0.2) is 0 Å². The minimum atomic E-state index is -0.338. The average molecular weight is 362 g/mol. The fourth-order valence-electron chi connectivity index (χ4n) is 3.06. The molecule has 0 atom stereocenters. The van der Waals surface area contributed by atoms with Crippen molar-refractivity contribution in [2.45, 2.75) is 19.3 Å². The molecular weight excluding hydrogens is 341 g/mol. The van der Waals surface area contributed by atoms with Gasteiger partial charge in [-0.05, 0) is 43.2 Å². The maximum absolute atomic E-state index is 13.2. The maximum Gasteiger partial charge on any atom is 0.222 e. The summed E-state index contributed by atoms with van der Waals surface area (Å²) in [6, 6.07) is 10.3. The van der Waals surface area contributed by atoms with Crippen LogP contribution in [-0.4, -0.2) is 42.0 Å². The minimum absolute atomic E-state index is 0.181. The fraction of sp³-hybridized carbons (Fsp3) is 0.368. The van der Waals surface area contributed by atoms with Crippen molar-refractivity contribution in [2.75, 3.05) is 31.1 Å². The van der Waals surface area contributed by atoms with E-state index in [4.69, 9.17) is 11.6 Å². The highest BCUT2D eigenvalue weighted by Gasteiger charge is 2.22. The molecule has 1 aliphatic heterocycles. The molecule has 2 aromatic rings. The Morgan fingerprint density at radius 1 is 1.16 bits per heavy atom. The largest absolute Gasteiger partial charge is 0.367 e. The summed E-state index contributed by atoms with van der Waals surface area (Å²) in [5.74, 6) is -0.156. The van der Waals surface area contributed by atoms with Crippen LogP contribution in [0.3, 0.4) is 0 Å². The molecule has 3 rings (SSSR count). The number of rotatable bonds is 5. The van der Waals surface area contributed by atoms with Crippen molar-refractivity contribution in [3.8, 4) is 0 Å². The molecule has 1 amide bonds. The van der Waals surface area contributed by atoms with Crippen LogP contribution in [0.2, 0.25) is 5.02 Å². The molecular formula is C19H21ClFN3O. The summed E-state index contributed by atoms with van der Waals surface area (Å²) in [4.78, 5) is 20.6. The van der Waals surface area contributed by atoms with Crippen LogP contribution in [0.5, 0.6) is 0 Å².